The van der Waals surface area contributed by atoms with Gasteiger partial charge < -0.3 is 15.4 Å². The van der Waals surface area contributed by atoms with Crippen molar-refractivity contribution >= 4 is 11.7 Å². The normalized spacial score (nSPS) is 23.4. The Morgan fingerprint density at radius 1 is 1.47 bits per heavy atom. The summed E-state index contributed by atoms with van der Waals surface area (Å²) < 4.78 is 5.38. The third-order valence-electron chi connectivity index (χ3n) is 2.85. The first-order valence-electron chi connectivity index (χ1n) is 5.64. The number of hydrogen-bond donors (Lipinski definition) is 2. The zero-order valence-corrected chi connectivity index (χ0v) is 9.93. The van der Waals surface area contributed by atoms with Crippen molar-refractivity contribution in [2.24, 2.45) is 0 Å². The van der Waals surface area contributed by atoms with Crippen LogP contribution in [0.4, 0.5) is 5.82 Å². The quantitative estimate of drug-likeness (QED) is 0.795. The van der Waals surface area contributed by atoms with E-state index in [-0.39, 0.29) is 18.1 Å². The van der Waals surface area contributed by atoms with E-state index in [1.165, 1.54) is 0 Å². The summed E-state index contributed by atoms with van der Waals surface area (Å²) in [5.74, 6) is 0.432. The Kier molecular flexibility index (Phi) is 3.53. The van der Waals surface area contributed by atoms with Gasteiger partial charge in [0.05, 0.1) is 12.1 Å². The number of rotatable bonds is 3. The van der Waals surface area contributed by atoms with Gasteiger partial charge in [-0.25, -0.2) is 0 Å². The van der Waals surface area contributed by atoms with Crippen LogP contribution in [0.15, 0.2) is 12.1 Å². The van der Waals surface area contributed by atoms with Gasteiger partial charge in [-0.1, -0.05) is 0 Å². The van der Waals surface area contributed by atoms with Crippen LogP contribution < -0.4 is 10.6 Å². The molecule has 6 heteroatoms. The molecule has 1 saturated heterocycles. The lowest BCUT2D eigenvalue weighted by atomic mass is 10.1. The fraction of sp³-hybridized carbons (Fsp3) is 0.545. The molecule has 0 radical (unpaired) electrons. The molecule has 2 N–H and O–H groups in total. The zero-order valence-electron chi connectivity index (χ0n) is 9.93. The van der Waals surface area contributed by atoms with E-state index in [4.69, 9.17) is 4.74 Å². The van der Waals surface area contributed by atoms with Gasteiger partial charge in [-0.05, 0) is 25.5 Å². The first kappa shape index (κ1) is 11.8. The maximum atomic E-state index is 11.9. The topological polar surface area (TPSA) is 76.1 Å². The molecule has 2 atom stereocenters. The highest BCUT2D eigenvalue weighted by molar-refractivity contribution is 5.92. The van der Waals surface area contributed by atoms with Crippen LogP contribution in [0.5, 0.6) is 0 Å². The van der Waals surface area contributed by atoms with E-state index in [1.807, 2.05) is 6.92 Å². The van der Waals surface area contributed by atoms with Gasteiger partial charge in [0.25, 0.3) is 5.91 Å². The van der Waals surface area contributed by atoms with E-state index in [2.05, 4.69) is 20.8 Å². The smallest absolute Gasteiger partial charge is 0.272 e. The zero-order chi connectivity index (χ0) is 12.3. The van der Waals surface area contributed by atoms with Crippen LogP contribution in [0.3, 0.4) is 0 Å². The molecule has 0 saturated carbocycles. The second kappa shape index (κ2) is 5.09. The minimum atomic E-state index is -0.206. The molecule has 1 aromatic rings. The summed E-state index contributed by atoms with van der Waals surface area (Å²) in [6.45, 7) is 2.64. The fourth-order valence-electron chi connectivity index (χ4n) is 1.75. The average Bonchev–Trinajstić information content (AvgIpc) is 2.75. The summed E-state index contributed by atoms with van der Waals surface area (Å²) in [5, 5.41) is 13.5. The van der Waals surface area contributed by atoms with Crippen molar-refractivity contribution < 1.29 is 9.53 Å². The van der Waals surface area contributed by atoms with Gasteiger partial charge in [-0.15, -0.1) is 10.2 Å². The second-order valence-electron chi connectivity index (χ2n) is 4.00. The molecule has 1 aliphatic heterocycles. The number of nitrogens with zero attached hydrogens (tertiary/aromatic N) is 2. The van der Waals surface area contributed by atoms with Crippen molar-refractivity contribution in [1.29, 1.82) is 0 Å². The van der Waals surface area contributed by atoms with Crippen molar-refractivity contribution in [3.8, 4) is 0 Å². The minimum Gasteiger partial charge on any atom is -0.376 e. The summed E-state index contributed by atoms with van der Waals surface area (Å²) in [5.41, 5.74) is 0.322. The Morgan fingerprint density at radius 3 is 2.82 bits per heavy atom. The Hall–Kier alpha value is -1.69. The van der Waals surface area contributed by atoms with Gasteiger partial charge in [0.1, 0.15) is 5.82 Å². The largest absolute Gasteiger partial charge is 0.376 e. The van der Waals surface area contributed by atoms with Gasteiger partial charge in [-0.3, -0.25) is 4.79 Å². The number of nitrogens with one attached hydrogen (secondary N) is 2. The maximum Gasteiger partial charge on any atom is 0.272 e. The molecule has 2 unspecified atom stereocenters. The van der Waals surface area contributed by atoms with E-state index < -0.39 is 0 Å². The summed E-state index contributed by atoms with van der Waals surface area (Å²) in [7, 11) is 1.75. The first-order chi connectivity index (χ1) is 8.20. The third-order valence-corrected chi connectivity index (χ3v) is 2.85. The van der Waals surface area contributed by atoms with E-state index in [9.17, 15) is 4.79 Å². The van der Waals surface area contributed by atoms with Crippen molar-refractivity contribution in [3.05, 3.63) is 17.8 Å². The van der Waals surface area contributed by atoms with Gasteiger partial charge in [0, 0.05) is 13.7 Å². The summed E-state index contributed by atoms with van der Waals surface area (Å²) in [4.78, 5) is 11.9. The highest BCUT2D eigenvalue weighted by Crippen LogP contribution is 2.13. The second-order valence-corrected chi connectivity index (χ2v) is 4.00. The van der Waals surface area contributed by atoms with Crippen molar-refractivity contribution in [3.63, 3.8) is 0 Å². The Labute approximate surface area is 99.8 Å². The number of hydrogen-bond acceptors (Lipinski definition) is 5. The lowest BCUT2D eigenvalue weighted by molar-refractivity contribution is 0.0861. The van der Waals surface area contributed by atoms with Crippen LogP contribution >= 0.6 is 0 Å². The predicted octanol–water partition coefficient (Wildman–Crippen LogP) is 0.425. The van der Waals surface area contributed by atoms with E-state index >= 15 is 0 Å². The van der Waals surface area contributed by atoms with Gasteiger partial charge in [0.2, 0.25) is 0 Å². The molecule has 1 aliphatic rings. The molecule has 1 aromatic heterocycles. The summed E-state index contributed by atoms with van der Waals surface area (Å²) >= 11 is 0. The lowest BCUT2D eigenvalue weighted by Gasteiger charge is -2.15. The summed E-state index contributed by atoms with van der Waals surface area (Å²) in [6, 6.07) is 3.43. The van der Waals surface area contributed by atoms with Gasteiger partial charge in [-0.2, -0.15) is 0 Å². The monoisotopic (exact) mass is 236 g/mol. The first-order valence-corrected chi connectivity index (χ1v) is 5.64. The molecule has 6 nitrogen and oxygen atoms in total. The molecular weight excluding hydrogens is 220 g/mol. The number of ether oxygens (including phenoxy) is 1. The van der Waals surface area contributed by atoms with Crippen LogP contribution in [-0.2, 0) is 4.74 Å². The molecule has 2 heterocycles. The average molecular weight is 236 g/mol. The molecule has 0 aromatic carbocycles. The molecule has 1 fully saturated rings. The van der Waals surface area contributed by atoms with Crippen LogP contribution in [0.1, 0.15) is 23.8 Å². The maximum absolute atomic E-state index is 11.9. The Bertz CT molecular complexity index is 393. The highest BCUT2D eigenvalue weighted by atomic mass is 16.5. The fourth-order valence-corrected chi connectivity index (χ4v) is 1.75. The van der Waals surface area contributed by atoms with Crippen LogP contribution in [0.25, 0.3) is 0 Å². The molecule has 0 spiro atoms. The van der Waals surface area contributed by atoms with Gasteiger partial charge >= 0.3 is 0 Å². The number of aromatic nitrogens is 2. The third kappa shape index (κ3) is 2.71. The van der Waals surface area contributed by atoms with Crippen molar-refractivity contribution in [2.45, 2.75) is 25.5 Å². The van der Waals surface area contributed by atoms with Crippen LogP contribution in [-0.4, -0.2) is 41.9 Å². The number of amides is 1. The Morgan fingerprint density at radius 2 is 2.29 bits per heavy atom. The molecule has 92 valence electrons. The van der Waals surface area contributed by atoms with E-state index in [0.717, 1.165) is 6.42 Å². The van der Waals surface area contributed by atoms with Crippen LogP contribution in [0, 0.1) is 0 Å². The summed E-state index contributed by atoms with van der Waals surface area (Å²) in [6.07, 6.45) is 0.901. The molecule has 1 amide bonds. The molecular formula is C11H16N4O2. The van der Waals surface area contributed by atoms with Gasteiger partial charge in [0.15, 0.2) is 5.69 Å². The minimum absolute atomic E-state index is 0.0588. The van der Waals surface area contributed by atoms with Crippen molar-refractivity contribution in [2.75, 3.05) is 19.0 Å². The SMILES string of the molecule is CNc1ccc(C(=O)NC2CCOC2C)nn1. The molecule has 17 heavy (non-hydrogen) atoms. The lowest BCUT2D eigenvalue weighted by Crippen LogP contribution is -2.39. The highest BCUT2D eigenvalue weighted by Gasteiger charge is 2.26. The van der Waals surface area contributed by atoms with E-state index in [0.29, 0.717) is 18.1 Å². The van der Waals surface area contributed by atoms with Crippen LogP contribution in [0.2, 0.25) is 0 Å². The van der Waals surface area contributed by atoms with E-state index in [1.54, 1.807) is 19.2 Å². The number of carbonyl (C=O) groups excluding carboxylic acids is 1. The predicted molar refractivity (Wildman–Crippen MR) is 62.9 cm³/mol. The standard InChI is InChI=1S/C11H16N4O2/c1-7-8(5-6-17-7)13-11(16)9-3-4-10(12-2)15-14-9/h3-4,7-8H,5-6H2,1-2H3,(H,12,15)(H,13,16). The number of anilines is 1. The Balaban J connectivity index is 1.99. The number of carbonyl (C=O) groups is 1. The molecule has 2 rings (SSSR count). The van der Waals surface area contributed by atoms with Crippen molar-refractivity contribution in [1.82, 2.24) is 15.5 Å². The molecule has 0 bridgehead atoms. The molecule has 0 aliphatic carbocycles.